The number of hydrogen-bond donors (Lipinski definition) is 1. The third kappa shape index (κ3) is 1.88. The largest absolute Gasteiger partial charge is 0.386 e. The topological polar surface area (TPSA) is 27.6 Å². The molecule has 3 atom stereocenters. The zero-order valence-electron chi connectivity index (χ0n) is 14.4. The Labute approximate surface area is 148 Å². The summed E-state index contributed by atoms with van der Waals surface area (Å²) in [5.74, 6) is 1.13. The van der Waals surface area contributed by atoms with Crippen molar-refractivity contribution in [3.63, 3.8) is 0 Å². The van der Waals surface area contributed by atoms with Crippen LogP contribution in [0.4, 0.5) is 0 Å². The standard InChI is InChI=1S/C20H24ClN3/c1-11-6-7-13-15-8-22-10-16(21)20(15)24-17-5-3-4-12(2)18(17)23-9-14(11)19(13)24/h4,8,11,13,17,22H,3,5-7,9-10H2,1-2H3. The molecular weight excluding hydrogens is 318 g/mol. The number of hydrogen-bond acceptors (Lipinski definition) is 3. The van der Waals surface area contributed by atoms with E-state index in [-0.39, 0.29) is 0 Å². The Hall–Kier alpha value is -1.48. The van der Waals surface area contributed by atoms with E-state index in [2.05, 4.69) is 36.3 Å². The molecule has 3 aliphatic heterocycles. The number of allylic oxidation sites excluding steroid dienone is 3. The molecule has 0 radical (unpaired) electrons. The Bertz CT molecular complexity index is 768. The van der Waals surface area contributed by atoms with Crippen molar-refractivity contribution in [1.29, 1.82) is 0 Å². The van der Waals surface area contributed by atoms with Gasteiger partial charge in [-0.05, 0) is 49.7 Å². The van der Waals surface area contributed by atoms with Crippen molar-refractivity contribution in [2.24, 2.45) is 16.8 Å². The van der Waals surface area contributed by atoms with E-state index in [4.69, 9.17) is 16.6 Å². The maximum atomic E-state index is 6.74. The normalized spacial score (nSPS) is 34.5. The lowest BCUT2D eigenvalue weighted by molar-refractivity contribution is 0.345. The molecule has 5 rings (SSSR count). The lowest BCUT2D eigenvalue weighted by Gasteiger charge is -2.37. The molecular formula is C20H24ClN3. The van der Waals surface area contributed by atoms with E-state index in [0.717, 1.165) is 31.0 Å². The first-order valence-electron chi connectivity index (χ1n) is 9.23. The van der Waals surface area contributed by atoms with E-state index in [1.165, 1.54) is 41.1 Å². The highest BCUT2D eigenvalue weighted by Crippen LogP contribution is 2.53. The van der Waals surface area contributed by atoms with Gasteiger partial charge in [-0.15, -0.1) is 0 Å². The fourth-order valence-corrected chi connectivity index (χ4v) is 5.50. The van der Waals surface area contributed by atoms with Crippen LogP contribution in [-0.2, 0) is 0 Å². The van der Waals surface area contributed by atoms with Gasteiger partial charge in [0.15, 0.2) is 0 Å². The number of halogens is 1. The smallest absolute Gasteiger partial charge is 0.0761 e. The van der Waals surface area contributed by atoms with Gasteiger partial charge in [-0.3, -0.25) is 4.99 Å². The van der Waals surface area contributed by atoms with Crippen molar-refractivity contribution < 1.29 is 0 Å². The van der Waals surface area contributed by atoms with Crippen molar-refractivity contribution in [2.45, 2.75) is 45.6 Å². The van der Waals surface area contributed by atoms with Gasteiger partial charge in [0.25, 0.3) is 0 Å². The Morgan fingerprint density at radius 2 is 2.17 bits per heavy atom. The Morgan fingerprint density at radius 3 is 3.04 bits per heavy atom. The highest BCUT2D eigenvalue weighted by atomic mass is 35.5. The number of aliphatic imine (C=N–C) groups is 1. The predicted octanol–water partition coefficient (Wildman–Crippen LogP) is 4.10. The molecule has 0 spiro atoms. The van der Waals surface area contributed by atoms with Crippen molar-refractivity contribution in [1.82, 2.24) is 10.2 Å². The minimum absolute atomic E-state index is 0.364. The van der Waals surface area contributed by atoms with Gasteiger partial charge >= 0.3 is 0 Å². The fraction of sp³-hybridized carbons (Fsp3) is 0.550. The van der Waals surface area contributed by atoms with E-state index in [0.29, 0.717) is 17.9 Å². The molecule has 0 saturated carbocycles. The van der Waals surface area contributed by atoms with E-state index in [1.807, 2.05) is 0 Å². The molecule has 1 saturated heterocycles. The quantitative estimate of drug-likeness (QED) is 0.718. The second kappa shape index (κ2) is 5.26. The van der Waals surface area contributed by atoms with Crippen molar-refractivity contribution in [2.75, 3.05) is 13.1 Å². The zero-order chi connectivity index (χ0) is 16.4. The van der Waals surface area contributed by atoms with Gasteiger partial charge in [-0.1, -0.05) is 24.6 Å². The summed E-state index contributed by atoms with van der Waals surface area (Å²) in [6.45, 7) is 6.21. The van der Waals surface area contributed by atoms with Gasteiger partial charge in [-0.2, -0.15) is 0 Å². The third-order valence-electron chi connectivity index (χ3n) is 6.41. The summed E-state index contributed by atoms with van der Waals surface area (Å²) in [5, 5.41) is 4.35. The molecule has 0 amide bonds. The molecule has 4 heteroatoms. The molecule has 3 nitrogen and oxygen atoms in total. The molecule has 3 unspecified atom stereocenters. The van der Waals surface area contributed by atoms with Crippen LogP contribution in [0, 0.1) is 11.8 Å². The monoisotopic (exact) mass is 341 g/mol. The fourth-order valence-electron chi connectivity index (χ4n) is 5.22. The number of nitrogens with zero attached hydrogens (tertiary/aromatic N) is 2. The first kappa shape index (κ1) is 14.8. The zero-order valence-corrected chi connectivity index (χ0v) is 15.2. The summed E-state index contributed by atoms with van der Waals surface area (Å²) < 4.78 is 0. The van der Waals surface area contributed by atoms with Crippen molar-refractivity contribution in [3.8, 4) is 0 Å². The van der Waals surface area contributed by atoms with Crippen LogP contribution in [-0.4, -0.2) is 29.7 Å². The number of nitrogens with one attached hydrogen (secondary N) is 1. The van der Waals surface area contributed by atoms with Gasteiger partial charge in [0, 0.05) is 23.4 Å². The van der Waals surface area contributed by atoms with Crippen LogP contribution in [0.25, 0.3) is 0 Å². The summed E-state index contributed by atoms with van der Waals surface area (Å²) in [6.07, 6.45) is 9.34. The maximum Gasteiger partial charge on any atom is 0.0761 e. The summed E-state index contributed by atoms with van der Waals surface area (Å²) in [6, 6.07) is 0.364. The Kier molecular flexibility index (Phi) is 3.25. The first-order chi connectivity index (χ1) is 11.7. The van der Waals surface area contributed by atoms with Gasteiger partial charge in [0.05, 0.1) is 35.6 Å². The lowest BCUT2D eigenvalue weighted by atomic mass is 9.79. The lowest BCUT2D eigenvalue weighted by Crippen LogP contribution is -2.40. The maximum absolute atomic E-state index is 6.74. The molecule has 3 heterocycles. The van der Waals surface area contributed by atoms with E-state index in [9.17, 15) is 0 Å². The van der Waals surface area contributed by atoms with Gasteiger partial charge < -0.3 is 10.2 Å². The van der Waals surface area contributed by atoms with Gasteiger partial charge in [-0.25, -0.2) is 0 Å². The molecule has 126 valence electrons. The number of fused-ring (bicyclic) bond motifs is 5. The number of dihydropyridines is 1. The second-order valence-electron chi connectivity index (χ2n) is 7.73. The van der Waals surface area contributed by atoms with Crippen LogP contribution in [0.5, 0.6) is 0 Å². The molecule has 0 aromatic rings. The molecule has 24 heavy (non-hydrogen) atoms. The van der Waals surface area contributed by atoms with Gasteiger partial charge in [0.2, 0.25) is 0 Å². The van der Waals surface area contributed by atoms with Gasteiger partial charge in [0.1, 0.15) is 0 Å². The first-order valence-corrected chi connectivity index (χ1v) is 9.60. The van der Waals surface area contributed by atoms with Crippen LogP contribution in [0.1, 0.15) is 39.5 Å². The molecule has 0 aromatic heterocycles. The van der Waals surface area contributed by atoms with Crippen LogP contribution in [0.15, 0.2) is 50.4 Å². The average molecular weight is 342 g/mol. The van der Waals surface area contributed by atoms with Crippen LogP contribution in [0.2, 0.25) is 0 Å². The summed E-state index contributed by atoms with van der Waals surface area (Å²) in [7, 11) is 0. The van der Waals surface area contributed by atoms with E-state index < -0.39 is 0 Å². The highest BCUT2D eigenvalue weighted by Gasteiger charge is 2.48. The summed E-state index contributed by atoms with van der Waals surface area (Å²) in [4.78, 5) is 7.69. The van der Waals surface area contributed by atoms with E-state index >= 15 is 0 Å². The molecule has 1 N–H and O–H groups in total. The molecule has 0 bridgehead atoms. The molecule has 1 fully saturated rings. The van der Waals surface area contributed by atoms with Crippen molar-refractivity contribution in [3.05, 3.63) is 45.4 Å². The SMILES string of the molecule is CC1=CCCC2C1=NCC1=C3C(CCC1C)C1=CNCC(Cl)=C1N32. The minimum Gasteiger partial charge on any atom is -0.386 e. The van der Waals surface area contributed by atoms with Crippen LogP contribution < -0.4 is 5.32 Å². The molecule has 0 aromatic carbocycles. The third-order valence-corrected chi connectivity index (χ3v) is 6.72. The van der Waals surface area contributed by atoms with Crippen LogP contribution >= 0.6 is 11.6 Å². The minimum atomic E-state index is 0.364. The number of rotatable bonds is 0. The highest BCUT2D eigenvalue weighted by molar-refractivity contribution is 6.30. The Balaban J connectivity index is 1.76. The van der Waals surface area contributed by atoms with E-state index in [1.54, 1.807) is 5.57 Å². The second-order valence-corrected chi connectivity index (χ2v) is 8.18. The molecule has 2 aliphatic carbocycles. The Morgan fingerprint density at radius 1 is 1.29 bits per heavy atom. The summed E-state index contributed by atoms with van der Waals surface area (Å²) in [5.41, 5.74) is 8.44. The van der Waals surface area contributed by atoms with Crippen LogP contribution in [0.3, 0.4) is 0 Å². The predicted molar refractivity (Wildman–Crippen MR) is 98.8 cm³/mol. The van der Waals surface area contributed by atoms with Crippen molar-refractivity contribution >= 4 is 17.3 Å². The summed E-state index contributed by atoms with van der Waals surface area (Å²) >= 11 is 6.74. The molecule has 5 aliphatic rings. The average Bonchev–Trinajstić information content (AvgIpc) is 2.80.